The third kappa shape index (κ3) is 12.4. The average Bonchev–Trinajstić information content (AvgIpc) is 2.09. The van der Waals surface area contributed by atoms with Crippen molar-refractivity contribution in [1.82, 2.24) is 5.32 Å². The molecule has 3 heteroatoms. The summed E-state index contributed by atoms with van der Waals surface area (Å²) in [4.78, 5) is 0. The average molecular weight is 252 g/mol. The maximum absolute atomic E-state index is 5.43. The summed E-state index contributed by atoms with van der Waals surface area (Å²) < 4.78 is 5.43. The van der Waals surface area contributed by atoms with Gasteiger partial charge < -0.3 is 10.1 Å². The number of halogens is 1. The lowest BCUT2D eigenvalue weighted by Gasteiger charge is -2.07. The molecule has 0 spiro atoms. The third-order valence-corrected chi connectivity index (χ3v) is 2.17. The topological polar surface area (TPSA) is 21.3 Å². The molecule has 0 aromatic rings. The van der Waals surface area contributed by atoms with Gasteiger partial charge in [-0.15, -0.1) is 0 Å². The smallest absolute Gasteiger partial charge is 0.0591 e. The van der Waals surface area contributed by atoms with Crippen LogP contribution in [0.25, 0.3) is 0 Å². The van der Waals surface area contributed by atoms with Crippen LogP contribution in [0.5, 0.6) is 0 Å². The monoisotopic (exact) mass is 251 g/mol. The second kappa shape index (κ2) is 10.5. The Morgan fingerprint density at radius 1 is 1.23 bits per heavy atom. The maximum Gasteiger partial charge on any atom is 0.0591 e. The Morgan fingerprint density at radius 3 is 2.62 bits per heavy atom. The largest absolute Gasteiger partial charge is 0.380 e. The van der Waals surface area contributed by atoms with E-state index in [-0.39, 0.29) is 0 Å². The van der Waals surface area contributed by atoms with Crippen molar-refractivity contribution in [3.05, 3.63) is 0 Å². The minimum atomic E-state index is 0.647. The predicted octanol–water partition coefficient (Wildman–Crippen LogP) is 2.42. The summed E-state index contributed by atoms with van der Waals surface area (Å²) in [5.74, 6) is 0.647. The lowest BCUT2D eigenvalue weighted by molar-refractivity contribution is 0.112. The van der Waals surface area contributed by atoms with Gasteiger partial charge in [-0.25, -0.2) is 0 Å². The van der Waals surface area contributed by atoms with E-state index in [1.54, 1.807) is 0 Å². The van der Waals surface area contributed by atoms with Crippen molar-refractivity contribution < 1.29 is 4.74 Å². The highest BCUT2D eigenvalue weighted by atomic mass is 79.9. The molecule has 0 saturated heterocycles. The van der Waals surface area contributed by atoms with Gasteiger partial charge in [-0.2, -0.15) is 0 Å². The number of rotatable bonds is 9. The zero-order valence-electron chi connectivity index (χ0n) is 8.81. The van der Waals surface area contributed by atoms with Crippen LogP contribution in [-0.2, 0) is 4.74 Å². The van der Waals surface area contributed by atoms with Gasteiger partial charge in [-0.05, 0) is 25.3 Å². The van der Waals surface area contributed by atoms with Gasteiger partial charge in [-0.1, -0.05) is 29.8 Å². The van der Waals surface area contributed by atoms with Crippen LogP contribution in [0.2, 0.25) is 0 Å². The fourth-order valence-corrected chi connectivity index (χ4v) is 1.33. The summed E-state index contributed by atoms with van der Waals surface area (Å²) >= 11 is 3.41. The van der Waals surface area contributed by atoms with Crippen LogP contribution in [0.15, 0.2) is 0 Å². The molecule has 0 atom stereocenters. The maximum atomic E-state index is 5.43. The molecule has 0 radical (unpaired) electrons. The zero-order chi connectivity index (χ0) is 9.94. The molecule has 0 heterocycles. The van der Waals surface area contributed by atoms with E-state index in [4.69, 9.17) is 4.74 Å². The van der Waals surface area contributed by atoms with E-state index in [2.05, 4.69) is 35.1 Å². The van der Waals surface area contributed by atoms with Crippen LogP contribution in [0.3, 0.4) is 0 Å². The number of hydrogen-bond acceptors (Lipinski definition) is 2. The van der Waals surface area contributed by atoms with Gasteiger partial charge in [0.1, 0.15) is 0 Å². The van der Waals surface area contributed by atoms with Gasteiger partial charge in [-0.3, -0.25) is 0 Å². The summed E-state index contributed by atoms with van der Waals surface area (Å²) in [6, 6.07) is 0. The fraction of sp³-hybridized carbons (Fsp3) is 1.00. The molecule has 0 saturated carbocycles. The van der Waals surface area contributed by atoms with Crippen LogP contribution >= 0.6 is 15.9 Å². The molecule has 13 heavy (non-hydrogen) atoms. The highest BCUT2D eigenvalue weighted by Gasteiger charge is 1.93. The van der Waals surface area contributed by atoms with Crippen molar-refractivity contribution in [2.45, 2.75) is 26.7 Å². The molecule has 0 rings (SSSR count). The van der Waals surface area contributed by atoms with Crippen LogP contribution in [0.4, 0.5) is 0 Å². The van der Waals surface area contributed by atoms with Crippen molar-refractivity contribution in [2.75, 3.05) is 31.6 Å². The summed E-state index contributed by atoms with van der Waals surface area (Å²) in [5.41, 5.74) is 0. The van der Waals surface area contributed by atoms with Crippen molar-refractivity contribution in [2.24, 2.45) is 5.92 Å². The van der Waals surface area contributed by atoms with E-state index >= 15 is 0 Å². The van der Waals surface area contributed by atoms with E-state index in [0.29, 0.717) is 5.92 Å². The second-order valence-corrected chi connectivity index (χ2v) is 4.41. The first-order chi connectivity index (χ1) is 6.27. The molecular weight excluding hydrogens is 230 g/mol. The lowest BCUT2D eigenvalue weighted by atomic mass is 10.2. The van der Waals surface area contributed by atoms with E-state index in [1.165, 1.54) is 12.8 Å². The normalized spacial score (nSPS) is 11.1. The molecule has 0 aliphatic heterocycles. The third-order valence-electron chi connectivity index (χ3n) is 1.61. The predicted molar refractivity (Wildman–Crippen MR) is 61.6 cm³/mol. The molecule has 80 valence electrons. The van der Waals surface area contributed by atoms with E-state index in [9.17, 15) is 0 Å². The van der Waals surface area contributed by atoms with Crippen LogP contribution in [0, 0.1) is 5.92 Å². The number of ether oxygens (including phenoxy) is 1. The minimum absolute atomic E-state index is 0.647. The van der Waals surface area contributed by atoms with Crippen LogP contribution in [0.1, 0.15) is 26.7 Å². The number of hydrogen-bond donors (Lipinski definition) is 1. The summed E-state index contributed by atoms with van der Waals surface area (Å²) in [6.07, 6.45) is 2.50. The van der Waals surface area contributed by atoms with Gasteiger partial charge in [0.2, 0.25) is 0 Å². The van der Waals surface area contributed by atoms with Crippen molar-refractivity contribution in [3.8, 4) is 0 Å². The molecule has 0 aliphatic rings. The molecule has 0 unspecified atom stereocenters. The first kappa shape index (κ1) is 13.4. The Morgan fingerprint density at radius 2 is 2.00 bits per heavy atom. The number of alkyl halides is 1. The van der Waals surface area contributed by atoms with Crippen molar-refractivity contribution in [3.63, 3.8) is 0 Å². The molecule has 0 aromatic carbocycles. The summed E-state index contributed by atoms with van der Waals surface area (Å²) in [5, 5.41) is 4.46. The molecule has 0 aliphatic carbocycles. The summed E-state index contributed by atoms with van der Waals surface area (Å²) in [6.45, 7) is 8.15. The van der Waals surface area contributed by atoms with Crippen LogP contribution in [-0.4, -0.2) is 31.6 Å². The van der Waals surface area contributed by atoms with E-state index in [0.717, 1.165) is 31.6 Å². The first-order valence-corrected chi connectivity index (χ1v) is 6.24. The Labute approximate surface area is 90.6 Å². The van der Waals surface area contributed by atoms with Gasteiger partial charge in [0.05, 0.1) is 6.61 Å². The molecule has 2 nitrogen and oxygen atoms in total. The first-order valence-electron chi connectivity index (χ1n) is 5.11. The molecule has 0 bridgehead atoms. The van der Waals surface area contributed by atoms with E-state index in [1.807, 2.05) is 0 Å². The fourth-order valence-electron chi connectivity index (χ4n) is 0.933. The number of nitrogens with one attached hydrogen (secondary N) is 1. The van der Waals surface area contributed by atoms with Crippen LogP contribution < -0.4 is 5.32 Å². The quantitative estimate of drug-likeness (QED) is 0.502. The van der Waals surface area contributed by atoms with Gasteiger partial charge >= 0.3 is 0 Å². The Bertz CT molecular complexity index is 98.9. The van der Waals surface area contributed by atoms with E-state index < -0.39 is 0 Å². The minimum Gasteiger partial charge on any atom is -0.380 e. The second-order valence-electron chi connectivity index (χ2n) is 3.61. The molecule has 1 N–H and O–H groups in total. The molecule has 0 amide bonds. The molecule has 0 aromatic heterocycles. The molecular formula is C10H22BrNO. The summed E-state index contributed by atoms with van der Waals surface area (Å²) in [7, 11) is 0. The Kier molecular flexibility index (Phi) is 10.8. The SMILES string of the molecule is CC(C)COCCNCCCCBr. The van der Waals surface area contributed by atoms with Gasteiger partial charge in [0, 0.05) is 18.5 Å². The highest BCUT2D eigenvalue weighted by molar-refractivity contribution is 9.09. The zero-order valence-corrected chi connectivity index (χ0v) is 10.4. The van der Waals surface area contributed by atoms with Gasteiger partial charge in [0.25, 0.3) is 0 Å². The number of unbranched alkanes of at least 4 members (excludes halogenated alkanes) is 1. The van der Waals surface area contributed by atoms with Crippen molar-refractivity contribution in [1.29, 1.82) is 0 Å². The standard InChI is InChI=1S/C10H22BrNO/c1-10(2)9-13-8-7-12-6-4-3-5-11/h10,12H,3-9H2,1-2H3. The van der Waals surface area contributed by atoms with Gasteiger partial charge in [0.15, 0.2) is 0 Å². The Balaban J connectivity index is 2.84. The lowest BCUT2D eigenvalue weighted by Crippen LogP contribution is -2.21. The van der Waals surface area contributed by atoms with Crippen molar-refractivity contribution >= 4 is 15.9 Å². The highest BCUT2D eigenvalue weighted by Crippen LogP contribution is 1.92. The molecule has 0 fully saturated rings. The Hall–Kier alpha value is 0.400.